The first-order valence-electron chi connectivity index (χ1n) is 8.09. The van der Waals surface area contributed by atoms with E-state index in [-0.39, 0.29) is 32.6 Å². The van der Waals surface area contributed by atoms with Gasteiger partial charge in [-0.15, -0.1) is 0 Å². The van der Waals surface area contributed by atoms with E-state index in [4.69, 9.17) is 5.73 Å². The highest BCUT2D eigenvalue weighted by Crippen LogP contribution is 2.35. The second kappa shape index (κ2) is 6.49. The Labute approximate surface area is 156 Å². The Morgan fingerprint density at radius 2 is 1.57 bits per heavy atom. The summed E-state index contributed by atoms with van der Waals surface area (Å²) in [6.45, 7) is 0. The molecule has 2 aromatic carbocycles. The molecule has 0 unspecified atom stereocenters. The van der Waals surface area contributed by atoms with E-state index in [1.807, 2.05) is 0 Å². The van der Waals surface area contributed by atoms with Crippen molar-refractivity contribution in [2.24, 2.45) is 0 Å². The Hall–Kier alpha value is -3.68. The number of aromatic nitrogens is 2. The van der Waals surface area contributed by atoms with E-state index >= 15 is 0 Å². The number of nitrogens with two attached hydrogens (primary N) is 1. The van der Waals surface area contributed by atoms with Crippen molar-refractivity contribution >= 4 is 16.7 Å². The van der Waals surface area contributed by atoms with Gasteiger partial charge in [-0.05, 0) is 35.9 Å². The number of hydrogen-bond acceptors (Lipinski definition) is 3. The summed E-state index contributed by atoms with van der Waals surface area (Å²) in [5.41, 5.74) is 4.93. The summed E-state index contributed by atoms with van der Waals surface area (Å²) in [5, 5.41) is 12.6. The number of nitrogens with zero attached hydrogens (tertiary/aromatic N) is 2. The first kappa shape index (κ1) is 17.7. The maximum atomic E-state index is 14.3. The molecule has 0 radical (unpaired) electrons. The average Bonchev–Trinajstić information content (AvgIpc) is 2.62. The van der Waals surface area contributed by atoms with Crippen molar-refractivity contribution in [3.63, 3.8) is 0 Å². The van der Waals surface area contributed by atoms with Crippen molar-refractivity contribution in [1.82, 2.24) is 4.98 Å². The van der Waals surface area contributed by atoms with Crippen molar-refractivity contribution in [2.75, 3.05) is 5.73 Å². The Morgan fingerprint density at radius 1 is 0.857 bits per heavy atom. The fraction of sp³-hybridized carbons (Fsp3) is 0. The van der Waals surface area contributed by atoms with Crippen LogP contribution in [0.3, 0.4) is 0 Å². The third kappa shape index (κ3) is 2.79. The number of rotatable bonds is 2. The predicted octanol–water partition coefficient (Wildman–Crippen LogP) is 4.34. The van der Waals surface area contributed by atoms with E-state index in [9.17, 15) is 22.8 Å². The van der Waals surface area contributed by atoms with E-state index in [1.165, 1.54) is 18.2 Å². The molecule has 2 aromatic heterocycles. The summed E-state index contributed by atoms with van der Waals surface area (Å²) in [6, 6.07) is 8.82. The highest BCUT2D eigenvalue weighted by Gasteiger charge is 2.25. The minimum absolute atomic E-state index is 0.00380. The summed E-state index contributed by atoms with van der Waals surface area (Å²) in [7, 11) is 0. The Balaban J connectivity index is 2.13. The molecule has 0 aliphatic rings. The number of anilines is 1. The molecule has 0 aliphatic heterocycles. The molecule has 2 N–H and O–H groups in total. The maximum Gasteiger partial charge on any atom is 0.256 e. The van der Waals surface area contributed by atoms with Crippen molar-refractivity contribution in [1.29, 1.82) is 0 Å². The second-order valence-electron chi connectivity index (χ2n) is 6.07. The number of fused-ring (bicyclic) bond motifs is 1. The second-order valence-corrected chi connectivity index (χ2v) is 6.07. The molecule has 0 saturated carbocycles. The molecule has 0 atom stereocenters. The molecule has 0 bridgehead atoms. The molecular formula is C20H11F4N3O. The minimum Gasteiger partial charge on any atom is -0.618 e. The van der Waals surface area contributed by atoms with Crippen LogP contribution in [0.2, 0.25) is 0 Å². The van der Waals surface area contributed by atoms with Gasteiger partial charge in [0.2, 0.25) is 0 Å². The van der Waals surface area contributed by atoms with E-state index in [0.717, 1.165) is 30.5 Å². The highest BCUT2D eigenvalue weighted by molar-refractivity contribution is 6.01. The van der Waals surface area contributed by atoms with Crippen LogP contribution in [0.5, 0.6) is 0 Å². The van der Waals surface area contributed by atoms with E-state index < -0.39 is 34.5 Å². The van der Waals surface area contributed by atoms with Gasteiger partial charge in [0.15, 0.2) is 6.20 Å². The minimum atomic E-state index is -0.962. The molecule has 0 fully saturated rings. The molecule has 4 rings (SSSR count). The molecule has 28 heavy (non-hydrogen) atoms. The maximum absolute atomic E-state index is 14.3. The number of halogens is 4. The van der Waals surface area contributed by atoms with Gasteiger partial charge in [-0.3, -0.25) is 0 Å². The zero-order valence-corrected chi connectivity index (χ0v) is 14.1. The van der Waals surface area contributed by atoms with Crippen LogP contribution in [0.15, 0.2) is 54.7 Å². The van der Waals surface area contributed by atoms with Gasteiger partial charge in [0, 0.05) is 23.1 Å². The van der Waals surface area contributed by atoms with Crippen LogP contribution in [0.1, 0.15) is 0 Å². The first-order chi connectivity index (χ1) is 13.4. The lowest BCUT2D eigenvalue weighted by atomic mass is 9.98. The smallest absolute Gasteiger partial charge is 0.256 e. The summed E-state index contributed by atoms with van der Waals surface area (Å²) in [6.07, 6.45) is 1.03. The Bertz CT molecular complexity index is 1220. The topological polar surface area (TPSA) is 65.8 Å². The number of hydrogen-bond donors (Lipinski definition) is 1. The van der Waals surface area contributed by atoms with Crippen LogP contribution >= 0.6 is 0 Å². The fourth-order valence-electron chi connectivity index (χ4n) is 3.13. The monoisotopic (exact) mass is 385 g/mol. The zero-order valence-electron chi connectivity index (χ0n) is 14.1. The predicted molar refractivity (Wildman–Crippen MR) is 95.8 cm³/mol. The number of benzene rings is 2. The van der Waals surface area contributed by atoms with Crippen LogP contribution in [0.25, 0.3) is 33.3 Å². The van der Waals surface area contributed by atoms with E-state index in [0.29, 0.717) is 6.07 Å². The van der Waals surface area contributed by atoms with Crippen molar-refractivity contribution in [3.8, 4) is 22.4 Å². The number of pyridine rings is 2. The van der Waals surface area contributed by atoms with Crippen LogP contribution in [0, 0.1) is 28.5 Å². The molecule has 0 saturated heterocycles. The Morgan fingerprint density at radius 3 is 2.25 bits per heavy atom. The van der Waals surface area contributed by atoms with Gasteiger partial charge >= 0.3 is 0 Å². The molecule has 0 spiro atoms. The molecular weight excluding hydrogens is 374 g/mol. The van der Waals surface area contributed by atoms with Crippen LogP contribution in [0.4, 0.5) is 23.4 Å². The van der Waals surface area contributed by atoms with Crippen LogP contribution in [-0.2, 0) is 0 Å². The van der Waals surface area contributed by atoms with Crippen LogP contribution in [-0.4, -0.2) is 4.98 Å². The van der Waals surface area contributed by atoms with Gasteiger partial charge in [-0.25, -0.2) is 22.5 Å². The van der Waals surface area contributed by atoms with Gasteiger partial charge in [-0.2, -0.15) is 4.73 Å². The normalized spacial score (nSPS) is 11.1. The molecule has 8 heteroatoms. The number of nitrogen functional groups attached to an aromatic ring is 1. The highest BCUT2D eigenvalue weighted by atomic mass is 19.1. The van der Waals surface area contributed by atoms with E-state index in [2.05, 4.69) is 4.98 Å². The van der Waals surface area contributed by atoms with E-state index in [1.54, 1.807) is 0 Å². The summed E-state index contributed by atoms with van der Waals surface area (Å²) in [5.74, 6) is -3.65. The van der Waals surface area contributed by atoms with Crippen molar-refractivity contribution in [3.05, 3.63) is 83.2 Å². The third-order valence-corrected chi connectivity index (χ3v) is 4.32. The lowest BCUT2D eigenvalue weighted by Gasteiger charge is -2.13. The molecule has 140 valence electrons. The standard InChI is InChI=1S/C20H11F4N3O/c21-10-4-5-11(16(24)8-10)13-9-17(25)26-19-12(13)6-7-27(28)20(19)18-14(22)2-1-3-15(18)23/h1-9H,(H2,25,26). The third-order valence-electron chi connectivity index (χ3n) is 4.32. The largest absolute Gasteiger partial charge is 0.618 e. The lowest BCUT2D eigenvalue weighted by Crippen LogP contribution is -2.29. The summed E-state index contributed by atoms with van der Waals surface area (Å²) >= 11 is 0. The molecule has 4 nitrogen and oxygen atoms in total. The zero-order chi connectivity index (χ0) is 20.0. The first-order valence-corrected chi connectivity index (χ1v) is 8.09. The molecule has 0 aliphatic carbocycles. The lowest BCUT2D eigenvalue weighted by molar-refractivity contribution is -0.592. The molecule has 4 aromatic rings. The van der Waals surface area contributed by atoms with Gasteiger partial charge in [0.25, 0.3) is 5.69 Å². The quantitative estimate of drug-likeness (QED) is 0.317. The van der Waals surface area contributed by atoms with Crippen LogP contribution < -0.4 is 10.5 Å². The molecule has 2 heterocycles. The SMILES string of the molecule is Nc1cc(-c2ccc(F)cc2F)c2cc[n+]([O-])c(-c3c(F)cccc3F)c2n1. The fourth-order valence-corrected chi connectivity index (χ4v) is 3.13. The average molecular weight is 385 g/mol. The summed E-state index contributed by atoms with van der Waals surface area (Å²) < 4.78 is 56.5. The Kier molecular flexibility index (Phi) is 4.11. The van der Waals surface area contributed by atoms with Crippen molar-refractivity contribution < 1.29 is 22.3 Å². The van der Waals surface area contributed by atoms with Gasteiger partial charge in [0.05, 0.1) is 0 Å². The van der Waals surface area contributed by atoms with Gasteiger partial charge in [0.1, 0.15) is 40.2 Å². The van der Waals surface area contributed by atoms with Gasteiger partial charge < -0.3 is 10.9 Å². The molecule has 0 amide bonds. The van der Waals surface area contributed by atoms with Gasteiger partial charge in [-0.1, -0.05) is 6.07 Å². The summed E-state index contributed by atoms with van der Waals surface area (Å²) in [4.78, 5) is 4.06. The van der Waals surface area contributed by atoms with Crippen molar-refractivity contribution in [2.45, 2.75) is 0 Å².